The number of carbonyl (C=O) groups excluding carboxylic acids is 2. The minimum absolute atomic E-state index is 0.182. The maximum atomic E-state index is 12.7. The molecule has 1 aromatic rings. The summed E-state index contributed by atoms with van der Waals surface area (Å²) in [4.78, 5) is 23.3. The summed E-state index contributed by atoms with van der Waals surface area (Å²) >= 11 is 9.64. The van der Waals surface area contributed by atoms with Crippen LogP contribution >= 0.6 is 47.8 Å². The zero-order valence-corrected chi connectivity index (χ0v) is 19.2. The Labute approximate surface area is 183 Å². The summed E-state index contributed by atoms with van der Waals surface area (Å²) in [6, 6.07) is 3.24. The Kier molecular flexibility index (Phi) is 9.38. The predicted molar refractivity (Wildman–Crippen MR) is 101 cm³/mol. The van der Waals surface area contributed by atoms with Crippen molar-refractivity contribution in [3.05, 3.63) is 25.6 Å². The molecule has 0 spiro atoms. The van der Waals surface area contributed by atoms with E-state index < -0.39 is 46.5 Å². The monoisotopic (exact) mass is 618 g/mol. The van der Waals surface area contributed by atoms with Gasteiger partial charge in [0.15, 0.2) is 5.75 Å². The first kappa shape index (κ1) is 25.3. The lowest BCUT2D eigenvalue weighted by Crippen LogP contribution is -2.39. The summed E-state index contributed by atoms with van der Waals surface area (Å²) < 4.78 is 78.6. The van der Waals surface area contributed by atoms with Crippen molar-refractivity contribution in [3.8, 4) is 5.75 Å². The van der Waals surface area contributed by atoms with Gasteiger partial charge in [0, 0.05) is 17.3 Å². The molecule has 0 aliphatic heterocycles. The fourth-order valence-electron chi connectivity index (χ4n) is 1.77. The first-order valence-electron chi connectivity index (χ1n) is 7.25. The molecule has 7 nitrogen and oxygen atoms in total. The van der Waals surface area contributed by atoms with Gasteiger partial charge in [-0.25, -0.2) is 0 Å². The van der Waals surface area contributed by atoms with Crippen molar-refractivity contribution in [3.63, 3.8) is 0 Å². The van der Waals surface area contributed by atoms with Crippen LogP contribution in [0.15, 0.2) is 25.6 Å². The van der Waals surface area contributed by atoms with E-state index in [9.17, 15) is 31.2 Å². The number of halogens is 6. The maximum Gasteiger partial charge on any atom is 0.426 e. The van der Waals surface area contributed by atoms with Gasteiger partial charge in [-0.1, -0.05) is 15.9 Å². The van der Waals surface area contributed by atoms with Crippen LogP contribution in [0.1, 0.15) is 19.3 Å². The third-order valence-corrected chi connectivity index (χ3v) is 5.30. The van der Waals surface area contributed by atoms with Gasteiger partial charge in [-0.05, 0) is 50.4 Å². The van der Waals surface area contributed by atoms with E-state index in [0.717, 1.165) is 0 Å². The highest BCUT2D eigenvalue weighted by atomic mass is 79.9. The molecule has 0 radical (unpaired) electrons. The molecule has 1 rings (SSSR count). The highest BCUT2D eigenvalue weighted by Crippen LogP contribution is 2.36. The van der Waals surface area contributed by atoms with E-state index in [0.29, 0.717) is 13.4 Å². The minimum atomic E-state index is -5.18. The Morgan fingerprint density at radius 2 is 1.57 bits per heavy atom. The van der Waals surface area contributed by atoms with Gasteiger partial charge in [-0.15, -0.1) is 0 Å². The Balaban J connectivity index is 2.56. The standard InChI is InChI=1S/C14H12Br3F3O7S/c15-7-4-8(16)13(9(17)5-7)27-12(22)3-1-2-11(21)26-10(14(18,19)20)6-28(23,24)25/h4-5,10H,1-3,6H2,(H,23,24,25). The molecule has 0 bridgehead atoms. The molecular formula is C14H12Br3F3O7S. The number of hydrogen-bond acceptors (Lipinski definition) is 6. The molecule has 0 aliphatic carbocycles. The molecule has 0 saturated heterocycles. The van der Waals surface area contributed by atoms with Crippen molar-refractivity contribution in [1.82, 2.24) is 0 Å². The predicted octanol–water partition coefficient (Wildman–Crippen LogP) is 4.41. The molecule has 1 N–H and O–H groups in total. The van der Waals surface area contributed by atoms with Gasteiger partial charge in [0.1, 0.15) is 5.75 Å². The summed E-state index contributed by atoms with van der Waals surface area (Å²) in [5.41, 5.74) is 0. The van der Waals surface area contributed by atoms with Crippen LogP contribution in [0.25, 0.3) is 0 Å². The van der Waals surface area contributed by atoms with Crippen molar-refractivity contribution in [2.45, 2.75) is 31.5 Å². The summed E-state index contributed by atoms with van der Waals surface area (Å²) in [6.07, 6.45) is -9.27. The second-order valence-corrected chi connectivity index (χ2v) is 9.42. The van der Waals surface area contributed by atoms with Crippen LogP contribution in [-0.2, 0) is 24.4 Å². The fraction of sp³-hybridized carbons (Fsp3) is 0.429. The van der Waals surface area contributed by atoms with Crippen LogP contribution in [0.5, 0.6) is 5.75 Å². The van der Waals surface area contributed by atoms with Gasteiger partial charge in [-0.3, -0.25) is 14.1 Å². The molecule has 0 saturated carbocycles. The highest BCUT2D eigenvalue weighted by Gasteiger charge is 2.45. The average molecular weight is 621 g/mol. The lowest BCUT2D eigenvalue weighted by molar-refractivity contribution is -0.215. The van der Waals surface area contributed by atoms with Crippen LogP contribution in [0.4, 0.5) is 13.2 Å². The number of benzene rings is 1. The Bertz CT molecular complexity index is 820. The zero-order valence-electron chi connectivity index (χ0n) is 13.6. The number of carbonyl (C=O) groups is 2. The van der Waals surface area contributed by atoms with E-state index in [1.165, 1.54) is 0 Å². The second kappa shape index (κ2) is 10.4. The molecule has 0 heterocycles. The van der Waals surface area contributed by atoms with Gasteiger partial charge in [0.05, 0.1) is 8.95 Å². The van der Waals surface area contributed by atoms with Crippen molar-refractivity contribution in [2.75, 3.05) is 5.75 Å². The zero-order chi connectivity index (χ0) is 21.7. The SMILES string of the molecule is O=C(CCCC(=O)OC(CS(=O)(=O)O)C(F)(F)F)Oc1c(Br)cc(Br)cc1Br. The quantitative estimate of drug-likeness (QED) is 0.261. The van der Waals surface area contributed by atoms with Crippen molar-refractivity contribution >= 4 is 69.8 Å². The third-order valence-electron chi connectivity index (χ3n) is 2.94. The van der Waals surface area contributed by atoms with Crippen LogP contribution in [0, 0.1) is 0 Å². The molecular weight excluding hydrogens is 609 g/mol. The van der Waals surface area contributed by atoms with Crippen LogP contribution in [-0.4, -0.2) is 42.9 Å². The summed E-state index contributed by atoms with van der Waals surface area (Å²) in [5, 5.41) is 0. The normalized spacial score (nSPS) is 13.1. The Morgan fingerprint density at radius 3 is 2.04 bits per heavy atom. The Morgan fingerprint density at radius 1 is 1.07 bits per heavy atom. The van der Waals surface area contributed by atoms with Crippen molar-refractivity contribution in [2.24, 2.45) is 0 Å². The van der Waals surface area contributed by atoms with Gasteiger partial charge in [0.2, 0.25) is 6.10 Å². The molecule has 158 valence electrons. The van der Waals surface area contributed by atoms with Crippen molar-refractivity contribution in [1.29, 1.82) is 0 Å². The van der Waals surface area contributed by atoms with E-state index in [1.54, 1.807) is 12.1 Å². The maximum absolute atomic E-state index is 12.7. The van der Waals surface area contributed by atoms with Gasteiger partial charge >= 0.3 is 18.1 Å². The largest absolute Gasteiger partial charge is 0.451 e. The lowest BCUT2D eigenvalue weighted by Gasteiger charge is -2.19. The molecule has 1 unspecified atom stereocenters. The van der Waals surface area contributed by atoms with E-state index >= 15 is 0 Å². The molecule has 1 atom stereocenters. The van der Waals surface area contributed by atoms with Gasteiger partial charge in [-0.2, -0.15) is 21.6 Å². The molecule has 0 aromatic heterocycles. The van der Waals surface area contributed by atoms with Crippen LogP contribution in [0.3, 0.4) is 0 Å². The second-order valence-electron chi connectivity index (χ2n) is 5.29. The third kappa shape index (κ3) is 9.20. The minimum Gasteiger partial charge on any atom is -0.451 e. The lowest BCUT2D eigenvalue weighted by atomic mass is 10.2. The number of hydrogen-bond donors (Lipinski definition) is 1. The Hall–Kier alpha value is -0.700. The fourth-order valence-corrected chi connectivity index (χ4v) is 4.83. The van der Waals surface area contributed by atoms with Crippen LogP contribution in [0.2, 0.25) is 0 Å². The summed E-state index contributed by atoms with van der Waals surface area (Å²) in [7, 11) is -5.02. The molecule has 1 aromatic carbocycles. The van der Waals surface area contributed by atoms with Gasteiger partial charge in [0.25, 0.3) is 10.1 Å². The number of esters is 2. The average Bonchev–Trinajstić information content (AvgIpc) is 2.48. The molecule has 0 amide bonds. The van der Waals surface area contributed by atoms with Crippen LogP contribution < -0.4 is 4.74 Å². The summed E-state index contributed by atoms with van der Waals surface area (Å²) in [6.45, 7) is 0. The smallest absolute Gasteiger partial charge is 0.426 e. The van der Waals surface area contributed by atoms with E-state index in [-0.39, 0.29) is 18.6 Å². The first-order chi connectivity index (χ1) is 12.7. The van der Waals surface area contributed by atoms with Crippen molar-refractivity contribution < 1.29 is 45.2 Å². The van der Waals surface area contributed by atoms with Gasteiger partial charge < -0.3 is 9.47 Å². The number of alkyl halides is 3. The molecule has 0 fully saturated rings. The van der Waals surface area contributed by atoms with E-state index in [1.807, 2.05) is 0 Å². The number of rotatable bonds is 8. The van der Waals surface area contributed by atoms with E-state index in [4.69, 9.17) is 9.29 Å². The summed E-state index contributed by atoms with van der Waals surface area (Å²) in [5.74, 6) is -3.75. The number of ether oxygens (including phenoxy) is 2. The van der Waals surface area contributed by atoms with E-state index in [2.05, 4.69) is 52.5 Å². The molecule has 0 aliphatic rings. The highest BCUT2D eigenvalue weighted by molar-refractivity contribution is 9.11. The topological polar surface area (TPSA) is 107 Å². The molecule has 28 heavy (non-hydrogen) atoms. The molecule has 14 heteroatoms. The first-order valence-corrected chi connectivity index (χ1v) is 11.2.